The van der Waals surface area contributed by atoms with Crippen molar-refractivity contribution in [2.75, 3.05) is 21.3 Å². The largest absolute Gasteiger partial charge is 0.493 e. The number of hydrogen-bond donors (Lipinski definition) is 0. The summed E-state index contributed by atoms with van der Waals surface area (Å²) in [4.78, 5) is 3.44. The first-order valence-electron chi connectivity index (χ1n) is 7.36. The fourth-order valence-corrected chi connectivity index (χ4v) is 3.83. The zero-order chi connectivity index (χ0) is 18.6. The van der Waals surface area contributed by atoms with Crippen molar-refractivity contribution in [1.82, 2.24) is 0 Å². The number of ether oxygens (including phenoxy) is 3. The molecule has 0 radical (unpaired) electrons. The number of benzene rings is 2. The van der Waals surface area contributed by atoms with Gasteiger partial charge < -0.3 is 14.2 Å². The van der Waals surface area contributed by atoms with Crippen molar-refractivity contribution < 1.29 is 22.6 Å². The second-order valence-corrected chi connectivity index (χ2v) is 7.31. The molecule has 0 bridgehead atoms. The van der Waals surface area contributed by atoms with Gasteiger partial charge in [0.25, 0.3) is 9.84 Å². The second kappa shape index (κ2) is 7.45. The first kappa shape index (κ1) is 18.6. The molecule has 0 aliphatic carbocycles. The fourth-order valence-electron chi connectivity index (χ4n) is 2.42. The zero-order valence-corrected chi connectivity index (χ0v) is 15.3. The van der Waals surface area contributed by atoms with Gasteiger partial charge in [-0.05, 0) is 31.2 Å². The predicted molar refractivity (Wildman–Crippen MR) is 93.8 cm³/mol. The minimum atomic E-state index is -3.90. The van der Waals surface area contributed by atoms with Crippen LogP contribution in [-0.2, 0) is 9.84 Å². The van der Waals surface area contributed by atoms with E-state index in [0.717, 1.165) is 5.56 Å². The van der Waals surface area contributed by atoms with Crippen molar-refractivity contribution in [3.05, 3.63) is 58.9 Å². The third-order valence-electron chi connectivity index (χ3n) is 3.73. The topological polar surface area (TPSA) is 66.2 Å². The highest BCUT2D eigenvalue weighted by molar-refractivity contribution is 7.91. The van der Waals surface area contributed by atoms with Gasteiger partial charge in [-0.25, -0.2) is 15.0 Å². The maximum atomic E-state index is 12.9. The van der Waals surface area contributed by atoms with E-state index < -0.39 is 15.2 Å². The summed E-state index contributed by atoms with van der Waals surface area (Å²) in [6.07, 6.45) is 0. The van der Waals surface area contributed by atoms with E-state index in [1.807, 2.05) is 6.92 Å². The number of hydrogen-bond acceptors (Lipinski definition) is 5. The Morgan fingerprint density at radius 3 is 1.88 bits per heavy atom. The molecule has 0 aliphatic heterocycles. The average Bonchev–Trinajstić information content (AvgIpc) is 2.61. The number of aryl methyl sites for hydroxylation is 1. The lowest BCUT2D eigenvalue weighted by Gasteiger charge is -2.15. The first-order valence-corrected chi connectivity index (χ1v) is 8.90. The molecule has 2 aromatic rings. The molecule has 0 saturated carbocycles. The van der Waals surface area contributed by atoms with E-state index in [2.05, 4.69) is 4.85 Å². The SMILES string of the molecule is [C-]#[N+][C@@H](c1cc(OC)c(OC)c(OC)c1)S(=O)(=O)c1ccc(C)cc1. The summed E-state index contributed by atoms with van der Waals surface area (Å²) in [5, 5.41) is -1.41. The smallest absolute Gasteiger partial charge is 0.350 e. The highest BCUT2D eigenvalue weighted by atomic mass is 32.2. The Kier molecular flexibility index (Phi) is 5.55. The monoisotopic (exact) mass is 361 g/mol. The number of nitrogens with zero attached hydrogens (tertiary/aromatic N) is 1. The Morgan fingerprint density at radius 2 is 1.48 bits per heavy atom. The predicted octanol–water partition coefficient (Wildman–Crippen LogP) is 3.41. The van der Waals surface area contributed by atoms with Crippen LogP contribution in [-0.4, -0.2) is 29.7 Å². The van der Waals surface area contributed by atoms with Gasteiger partial charge in [0.1, 0.15) is 0 Å². The van der Waals surface area contributed by atoms with Crippen molar-refractivity contribution in [2.45, 2.75) is 17.2 Å². The van der Waals surface area contributed by atoms with Crippen LogP contribution in [0.25, 0.3) is 4.85 Å². The van der Waals surface area contributed by atoms with Gasteiger partial charge >= 0.3 is 5.37 Å². The van der Waals surface area contributed by atoms with E-state index in [0.29, 0.717) is 17.2 Å². The van der Waals surface area contributed by atoms with Crippen LogP contribution in [0.5, 0.6) is 17.2 Å². The number of methoxy groups -OCH3 is 3. The van der Waals surface area contributed by atoms with E-state index in [-0.39, 0.29) is 10.5 Å². The summed E-state index contributed by atoms with van der Waals surface area (Å²) in [6, 6.07) is 9.36. The van der Waals surface area contributed by atoms with Crippen LogP contribution in [0, 0.1) is 13.5 Å². The van der Waals surface area contributed by atoms with Crippen LogP contribution in [0.2, 0.25) is 0 Å². The van der Waals surface area contributed by atoms with E-state index >= 15 is 0 Å². The van der Waals surface area contributed by atoms with E-state index in [1.165, 1.54) is 45.6 Å². The molecule has 0 N–H and O–H groups in total. The number of rotatable bonds is 6. The zero-order valence-electron chi connectivity index (χ0n) is 14.4. The number of sulfone groups is 1. The van der Waals surface area contributed by atoms with Crippen molar-refractivity contribution >= 4 is 9.84 Å². The maximum absolute atomic E-state index is 12.9. The van der Waals surface area contributed by atoms with Gasteiger partial charge in [0.05, 0.1) is 31.8 Å². The lowest BCUT2D eigenvalue weighted by atomic mass is 10.2. The van der Waals surface area contributed by atoms with Crippen LogP contribution >= 0.6 is 0 Å². The Morgan fingerprint density at radius 1 is 0.960 bits per heavy atom. The quantitative estimate of drug-likeness (QED) is 0.738. The molecule has 7 heteroatoms. The fraction of sp³-hybridized carbons (Fsp3) is 0.278. The van der Waals surface area contributed by atoms with Crippen LogP contribution in [0.4, 0.5) is 0 Å². The first-order chi connectivity index (χ1) is 11.9. The van der Waals surface area contributed by atoms with Crippen molar-refractivity contribution in [3.8, 4) is 17.2 Å². The Labute approximate surface area is 147 Å². The molecular formula is C18H19NO5S. The van der Waals surface area contributed by atoms with Gasteiger partial charge in [-0.1, -0.05) is 17.7 Å². The Balaban J connectivity index is 2.61. The molecule has 0 aromatic heterocycles. The maximum Gasteiger partial charge on any atom is 0.350 e. The van der Waals surface area contributed by atoms with Gasteiger partial charge in [0, 0.05) is 0 Å². The molecule has 1 atom stereocenters. The lowest BCUT2D eigenvalue weighted by Crippen LogP contribution is -2.11. The molecule has 25 heavy (non-hydrogen) atoms. The van der Waals surface area contributed by atoms with Gasteiger partial charge in [0.2, 0.25) is 5.75 Å². The standard InChI is InChI=1S/C18H19NO5S/c1-12-6-8-14(9-7-12)25(20,21)18(19-2)13-10-15(22-3)17(24-5)16(11-13)23-4/h6-11,18H,1,3-5H3/t18-/m1/s1. The molecule has 2 rings (SSSR count). The molecule has 0 amide bonds. The minimum Gasteiger partial charge on any atom is -0.493 e. The highest BCUT2D eigenvalue weighted by Crippen LogP contribution is 2.42. The average molecular weight is 361 g/mol. The van der Waals surface area contributed by atoms with Gasteiger partial charge in [-0.3, -0.25) is 4.85 Å². The summed E-state index contributed by atoms with van der Waals surface area (Å²) < 4.78 is 41.5. The molecule has 0 fully saturated rings. The van der Waals surface area contributed by atoms with Crippen LogP contribution in [0.15, 0.2) is 41.3 Å². The summed E-state index contributed by atoms with van der Waals surface area (Å²) in [6.45, 7) is 9.29. The Bertz CT molecular complexity index is 873. The third-order valence-corrected chi connectivity index (χ3v) is 5.63. The van der Waals surface area contributed by atoms with E-state index in [1.54, 1.807) is 12.1 Å². The summed E-state index contributed by atoms with van der Waals surface area (Å²) >= 11 is 0. The van der Waals surface area contributed by atoms with Crippen molar-refractivity contribution in [2.24, 2.45) is 0 Å². The van der Waals surface area contributed by atoms with Crippen molar-refractivity contribution in [3.63, 3.8) is 0 Å². The molecule has 132 valence electrons. The van der Waals surface area contributed by atoms with Gasteiger partial charge in [-0.15, -0.1) is 0 Å². The molecule has 6 nitrogen and oxygen atoms in total. The van der Waals surface area contributed by atoms with E-state index in [9.17, 15) is 8.42 Å². The highest BCUT2D eigenvalue weighted by Gasteiger charge is 2.36. The summed E-state index contributed by atoms with van der Waals surface area (Å²) in [5.41, 5.74) is 1.19. The third kappa shape index (κ3) is 3.54. The molecule has 0 unspecified atom stereocenters. The summed E-state index contributed by atoms with van der Waals surface area (Å²) in [7, 11) is 0.423. The molecule has 2 aromatic carbocycles. The molecule has 0 saturated heterocycles. The van der Waals surface area contributed by atoms with Gasteiger partial charge in [0.15, 0.2) is 11.5 Å². The second-order valence-electron chi connectivity index (χ2n) is 5.30. The van der Waals surface area contributed by atoms with Crippen molar-refractivity contribution in [1.29, 1.82) is 0 Å². The normalized spacial score (nSPS) is 12.1. The van der Waals surface area contributed by atoms with Crippen LogP contribution < -0.4 is 14.2 Å². The molecular weight excluding hydrogens is 342 g/mol. The molecule has 0 aliphatic rings. The van der Waals surface area contributed by atoms with Crippen LogP contribution in [0.3, 0.4) is 0 Å². The molecule has 0 spiro atoms. The Hall–Kier alpha value is -2.72. The van der Waals surface area contributed by atoms with E-state index in [4.69, 9.17) is 20.8 Å². The minimum absolute atomic E-state index is 0.0906. The molecule has 0 heterocycles. The summed E-state index contributed by atoms with van der Waals surface area (Å²) in [5.74, 6) is 0.930. The van der Waals surface area contributed by atoms with Crippen LogP contribution in [0.1, 0.15) is 16.5 Å². The van der Waals surface area contributed by atoms with Gasteiger partial charge in [-0.2, -0.15) is 0 Å². The lowest BCUT2D eigenvalue weighted by molar-refractivity contribution is 0.324.